The molecule has 1 amide bonds. The van der Waals surface area contributed by atoms with Crippen molar-refractivity contribution in [2.45, 2.75) is 26.2 Å². The first kappa shape index (κ1) is 21.1. The highest BCUT2D eigenvalue weighted by Gasteiger charge is 2.22. The molecule has 1 aromatic heterocycles. The largest absolute Gasteiger partial charge is 0.378 e. The normalized spacial score (nSPS) is 14.5. The molecule has 6 nitrogen and oxygen atoms in total. The molecule has 0 bridgehead atoms. The van der Waals surface area contributed by atoms with Gasteiger partial charge in [0, 0.05) is 35.8 Å². The van der Waals surface area contributed by atoms with Crippen LogP contribution in [0.3, 0.4) is 0 Å². The Labute approximate surface area is 181 Å². The Morgan fingerprint density at radius 1 is 1.00 bits per heavy atom. The Morgan fingerprint density at radius 3 is 2.23 bits per heavy atom. The minimum Gasteiger partial charge on any atom is -0.378 e. The van der Waals surface area contributed by atoms with Gasteiger partial charge in [-0.2, -0.15) is 5.10 Å². The van der Waals surface area contributed by atoms with Gasteiger partial charge in [-0.1, -0.05) is 20.8 Å². The molecule has 4 rings (SSSR count). The van der Waals surface area contributed by atoms with Crippen LogP contribution in [0.2, 0.25) is 0 Å². The fourth-order valence-electron chi connectivity index (χ4n) is 3.45. The van der Waals surface area contributed by atoms with E-state index in [1.807, 2.05) is 30.3 Å². The first-order valence-electron chi connectivity index (χ1n) is 10.4. The lowest BCUT2D eigenvalue weighted by Crippen LogP contribution is -2.36. The van der Waals surface area contributed by atoms with E-state index in [0.717, 1.165) is 24.5 Å². The van der Waals surface area contributed by atoms with Crippen molar-refractivity contribution in [3.05, 3.63) is 71.7 Å². The first-order chi connectivity index (χ1) is 14.8. The Morgan fingerprint density at radius 2 is 1.61 bits per heavy atom. The number of carbonyl (C=O) groups excluding carboxylic acids is 1. The van der Waals surface area contributed by atoms with Gasteiger partial charge in [0.2, 0.25) is 0 Å². The van der Waals surface area contributed by atoms with Gasteiger partial charge >= 0.3 is 0 Å². The Kier molecular flexibility index (Phi) is 5.78. The van der Waals surface area contributed by atoms with E-state index in [-0.39, 0.29) is 17.1 Å². The van der Waals surface area contributed by atoms with Crippen LogP contribution in [0.4, 0.5) is 15.9 Å². The number of ether oxygens (including phenoxy) is 1. The molecule has 0 aliphatic carbocycles. The highest BCUT2D eigenvalue weighted by molar-refractivity contribution is 6.04. The van der Waals surface area contributed by atoms with Crippen LogP contribution in [-0.2, 0) is 10.2 Å². The van der Waals surface area contributed by atoms with Gasteiger partial charge in [-0.15, -0.1) is 0 Å². The molecule has 3 aromatic rings. The van der Waals surface area contributed by atoms with Gasteiger partial charge in [0.15, 0.2) is 0 Å². The van der Waals surface area contributed by atoms with Crippen molar-refractivity contribution in [1.82, 2.24) is 9.78 Å². The predicted octanol–water partition coefficient (Wildman–Crippen LogP) is 4.40. The predicted molar refractivity (Wildman–Crippen MR) is 120 cm³/mol. The number of hydrogen-bond donors (Lipinski definition) is 1. The summed E-state index contributed by atoms with van der Waals surface area (Å²) in [5.74, 6) is -0.00562. The summed E-state index contributed by atoms with van der Waals surface area (Å²) in [5.41, 5.74) is 2.93. The van der Waals surface area contributed by atoms with Gasteiger partial charge in [0.25, 0.3) is 5.91 Å². The van der Waals surface area contributed by atoms with Crippen molar-refractivity contribution in [3.8, 4) is 5.69 Å². The third-order valence-electron chi connectivity index (χ3n) is 5.30. The van der Waals surface area contributed by atoms with Crippen molar-refractivity contribution in [2.75, 3.05) is 36.5 Å². The third kappa shape index (κ3) is 4.77. The molecule has 7 heteroatoms. The van der Waals surface area contributed by atoms with Gasteiger partial charge in [-0.05, 0) is 48.5 Å². The van der Waals surface area contributed by atoms with Crippen LogP contribution < -0.4 is 10.2 Å². The van der Waals surface area contributed by atoms with Crippen molar-refractivity contribution in [1.29, 1.82) is 0 Å². The van der Waals surface area contributed by atoms with Crippen LogP contribution in [0.1, 0.15) is 36.8 Å². The molecule has 2 aromatic carbocycles. The molecule has 0 atom stereocenters. The van der Waals surface area contributed by atoms with Gasteiger partial charge in [-0.25, -0.2) is 9.07 Å². The molecule has 1 N–H and O–H groups in total. The summed E-state index contributed by atoms with van der Waals surface area (Å²) < 4.78 is 20.4. The second-order valence-corrected chi connectivity index (χ2v) is 8.65. The summed E-state index contributed by atoms with van der Waals surface area (Å²) in [6.45, 7) is 9.29. The standard InChI is InChI=1S/C24H27FN4O2/c1-24(2,3)21-16-22(29(27-21)20-10-6-18(25)7-11-20)26-23(30)17-4-8-19(9-5-17)28-12-14-31-15-13-28/h4-11,16H,12-15H2,1-3H3,(H,26,30). The maximum absolute atomic E-state index is 13.4. The maximum Gasteiger partial charge on any atom is 0.256 e. The van der Waals surface area contributed by atoms with Gasteiger partial charge in [-0.3, -0.25) is 4.79 Å². The number of benzene rings is 2. The lowest BCUT2D eigenvalue weighted by atomic mass is 9.92. The number of rotatable bonds is 4. The average molecular weight is 423 g/mol. The van der Waals surface area contributed by atoms with Crippen LogP contribution in [-0.4, -0.2) is 42.0 Å². The number of nitrogens with zero attached hydrogens (tertiary/aromatic N) is 3. The molecular formula is C24H27FN4O2. The number of morpholine rings is 1. The molecule has 0 spiro atoms. The smallest absolute Gasteiger partial charge is 0.256 e. The maximum atomic E-state index is 13.4. The number of hydrogen-bond acceptors (Lipinski definition) is 4. The molecule has 0 saturated carbocycles. The first-order valence-corrected chi connectivity index (χ1v) is 10.4. The van der Waals surface area contributed by atoms with E-state index < -0.39 is 0 Å². The molecule has 1 aliphatic rings. The Bertz CT molecular complexity index is 1050. The summed E-state index contributed by atoms with van der Waals surface area (Å²) in [5, 5.41) is 7.63. The molecule has 0 unspecified atom stereocenters. The summed E-state index contributed by atoms with van der Waals surface area (Å²) in [4.78, 5) is 15.2. The molecule has 2 heterocycles. The zero-order valence-electron chi connectivity index (χ0n) is 18.1. The summed E-state index contributed by atoms with van der Waals surface area (Å²) in [7, 11) is 0. The van der Waals surface area contributed by atoms with Gasteiger partial charge < -0.3 is 15.0 Å². The fourth-order valence-corrected chi connectivity index (χ4v) is 3.45. The number of anilines is 2. The minimum atomic E-state index is -0.321. The molecule has 1 saturated heterocycles. The number of aromatic nitrogens is 2. The summed E-state index contributed by atoms with van der Waals surface area (Å²) in [6, 6.07) is 15.5. The number of carbonyl (C=O) groups is 1. The van der Waals surface area contributed by atoms with Crippen molar-refractivity contribution >= 4 is 17.4 Å². The second-order valence-electron chi connectivity index (χ2n) is 8.65. The van der Waals surface area contributed by atoms with Crippen LogP contribution in [0, 0.1) is 5.82 Å². The molecular weight excluding hydrogens is 395 g/mol. The highest BCUT2D eigenvalue weighted by Crippen LogP contribution is 2.27. The molecule has 1 aliphatic heterocycles. The van der Waals surface area contributed by atoms with Crippen LogP contribution in [0.15, 0.2) is 54.6 Å². The monoisotopic (exact) mass is 422 g/mol. The van der Waals surface area contributed by atoms with E-state index in [2.05, 4.69) is 36.1 Å². The zero-order chi connectivity index (χ0) is 22.0. The molecule has 0 radical (unpaired) electrons. The van der Waals surface area contributed by atoms with E-state index in [1.54, 1.807) is 16.8 Å². The average Bonchev–Trinajstić information content (AvgIpc) is 3.19. The van der Waals surface area contributed by atoms with Crippen molar-refractivity contribution in [3.63, 3.8) is 0 Å². The molecule has 1 fully saturated rings. The SMILES string of the molecule is CC(C)(C)c1cc(NC(=O)c2ccc(N3CCOCC3)cc2)n(-c2ccc(F)cc2)n1. The number of nitrogens with one attached hydrogen (secondary N) is 1. The minimum absolute atomic E-state index is 0.204. The highest BCUT2D eigenvalue weighted by atomic mass is 19.1. The second kappa shape index (κ2) is 8.51. The Hall–Kier alpha value is -3.19. The molecule has 31 heavy (non-hydrogen) atoms. The van der Waals surface area contributed by atoms with Crippen LogP contribution in [0.25, 0.3) is 5.69 Å². The van der Waals surface area contributed by atoms with E-state index >= 15 is 0 Å². The Balaban J connectivity index is 1.58. The fraction of sp³-hybridized carbons (Fsp3) is 0.333. The number of halogens is 1. The summed E-state index contributed by atoms with van der Waals surface area (Å²) in [6.07, 6.45) is 0. The van der Waals surface area contributed by atoms with Crippen LogP contribution >= 0.6 is 0 Å². The topological polar surface area (TPSA) is 59.4 Å². The zero-order valence-corrected chi connectivity index (χ0v) is 18.1. The summed E-state index contributed by atoms with van der Waals surface area (Å²) >= 11 is 0. The molecule has 162 valence electrons. The quantitative estimate of drug-likeness (QED) is 0.677. The van der Waals surface area contributed by atoms with Crippen molar-refractivity contribution in [2.24, 2.45) is 0 Å². The van der Waals surface area contributed by atoms with E-state index in [0.29, 0.717) is 30.3 Å². The van der Waals surface area contributed by atoms with Gasteiger partial charge in [0.05, 0.1) is 24.6 Å². The van der Waals surface area contributed by atoms with E-state index in [9.17, 15) is 9.18 Å². The van der Waals surface area contributed by atoms with Gasteiger partial charge in [0.1, 0.15) is 11.6 Å². The third-order valence-corrected chi connectivity index (χ3v) is 5.30. The number of amides is 1. The lowest BCUT2D eigenvalue weighted by molar-refractivity contribution is 0.102. The van der Waals surface area contributed by atoms with E-state index in [1.165, 1.54) is 12.1 Å². The van der Waals surface area contributed by atoms with Crippen LogP contribution in [0.5, 0.6) is 0 Å². The lowest BCUT2D eigenvalue weighted by Gasteiger charge is -2.28. The van der Waals surface area contributed by atoms with Crippen molar-refractivity contribution < 1.29 is 13.9 Å². The van der Waals surface area contributed by atoms with E-state index in [4.69, 9.17) is 4.74 Å².